The van der Waals surface area contributed by atoms with Crippen LogP contribution in [-0.2, 0) is 0 Å². The van der Waals surface area contributed by atoms with Gasteiger partial charge < -0.3 is 10.4 Å². The van der Waals surface area contributed by atoms with Crippen LogP contribution in [0.2, 0.25) is 0 Å². The molecule has 1 fully saturated rings. The molecular weight excluding hydrogens is 249 g/mol. The summed E-state index contributed by atoms with van der Waals surface area (Å²) in [6.07, 6.45) is 5.92. The number of thioether (sulfide) groups is 1. The van der Waals surface area contributed by atoms with Gasteiger partial charge in [0.15, 0.2) is 0 Å². The van der Waals surface area contributed by atoms with Crippen LogP contribution in [0.15, 0.2) is 18.2 Å². The first kappa shape index (κ1) is 13.7. The fourth-order valence-electron chi connectivity index (χ4n) is 2.35. The summed E-state index contributed by atoms with van der Waals surface area (Å²) in [6, 6.07) is 4.06. The van der Waals surface area contributed by atoms with Crippen molar-refractivity contribution in [2.75, 3.05) is 12.8 Å². The standard InChI is InChI=1S/C14H20FNOS/c1-10(12-8-11(15)4-5-13(12)17)16-9-14(18-2)6-3-7-14/h4-5,8,10,16-17H,3,6-7,9H2,1-2H3. The highest BCUT2D eigenvalue weighted by Crippen LogP contribution is 2.42. The number of halogens is 1. The summed E-state index contributed by atoms with van der Waals surface area (Å²) in [6.45, 7) is 2.87. The van der Waals surface area contributed by atoms with Crippen molar-refractivity contribution in [1.82, 2.24) is 5.32 Å². The molecule has 1 saturated carbocycles. The highest BCUT2D eigenvalue weighted by molar-refractivity contribution is 8.00. The number of benzene rings is 1. The molecule has 1 atom stereocenters. The van der Waals surface area contributed by atoms with Gasteiger partial charge in [0.2, 0.25) is 0 Å². The van der Waals surface area contributed by atoms with E-state index in [-0.39, 0.29) is 17.6 Å². The van der Waals surface area contributed by atoms with Crippen molar-refractivity contribution in [3.63, 3.8) is 0 Å². The molecule has 1 unspecified atom stereocenters. The molecule has 0 aliphatic heterocycles. The molecule has 0 amide bonds. The van der Waals surface area contributed by atoms with Gasteiger partial charge in [-0.1, -0.05) is 6.42 Å². The lowest BCUT2D eigenvalue weighted by atomic mass is 9.84. The Morgan fingerprint density at radius 1 is 1.50 bits per heavy atom. The summed E-state index contributed by atoms with van der Waals surface area (Å²) in [7, 11) is 0. The molecule has 2 rings (SSSR count). The predicted molar refractivity (Wildman–Crippen MR) is 74.6 cm³/mol. The van der Waals surface area contributed by atoms with Crippen LogP contribution in [0.1, 0.15) is 37.8 Å². The van der Waals surface area contributed by atoms with E-state index in [1.165, 1.54) is 37.5 Å². The minimum Gasteiger partial charge on any atom is -0.508 e. The average molecular weight is 269 g/mol. The molecule has 18 heavy (non-hydrogen) atoms. The molecule has 0 spiro atoms. The zero-order chi connectivity index (χ0) is 13.2. The summed E-state index contributed by atoms with van der Waals surface area (Å²) in [5.41, 5.74) is 0.630. The van der Waals surface area contributed by atoms with Gasteiger partial charge in [0.25, 0.3) is 0 Å². The molecule has 0 radical (unpaired) electrons. The van der Waals surface area contributed by atoms with Crippen LogP contribution >= 0.6 is 11.8 Å². The molecule has 1 aliphatic carbocycles. The summed E-state index contributed by atoms with van der Waals surface area (Å²) >= 11 is 1.90. The Morgan fingerprint density at radius 2 is 2.22 bits per heavy atom. The Labute approximate surface area is 112 Å². The Kier molecular flexibility index (Phi) is 4.17. The maximum Gasteiger partial charge on any atom is 0.123 e. The van der Waals surface area contributed by atoms with Crippen LogP contribution in [0.3, 0.4) is 0 Å². The van der Waals surface area contributed by atoms with Gasteiger partial charge in [-0.2, -0.15) is 11.8 Å². The number of hydrogen-bond acceptors (Lipinski definition) is 3. The van der Waals surface area contributed by atoms with Gasteiger partial charge in [0, 0.05) is 22.9 Å². The van der Waals surface area contributed by atoms with E-state index in [1.54, 1.807) is 0 Å². The van der Waals surface area contributed by atoms with E-state index < -0.39 is 0 Å². The van der Waals surface area contributed by atoms with Gasteiger partial charge in [0.05, 0.1) is 0 Å². The SMILES string of the molecule is CSC1(CNC(C)c2cc(F)ccc2O)CCC1. The molecule has 0 saturated heterocycles. The number of aromatic hydroxyl groups is 1. The fourth-order valence-corrected chi connectivity index (χ4v) is 3.27. The first-order valence-corrected chi connectivity index (χ1v) is 7.56. The van der Waals surface area contributed by atoms with Crippen LogP contribution in [0.5, 0.6) is 5.75 Å². The van der Waals surface area contributed by atoms with Gasteiger partial charge in [-0.25, -0.2) is 4.39 Å². The molecule has 0 heterocycles. The molecule has 2 N–H and O–H groups in total. The van der Waals surface area contributed by atoms with Gasteiger partial charge >= 0.3 is 0 Å². The van der Waals surface area contributed by atoms with Crippen LogP contribution in [-0.4, -0.2) is 22.7 Å². The molecule has 100 valence electrons. The lowest BCUT2D eigenvalue weighted by Gasteiger charge is -2.41. The number of phenols is 1. The third kappa shape index (κ3) is 2.81. The topological polar surface area (TPSA) is 32.3 Å². The Morgan fingerprint density at radius 3 is 2.78 bits per heavy atom. The summed E-state index contributed by atoms with van der Waals surface area (Å²) in [4.78, 5) is 0. The minimum absolute atomic E-state index is 0.0367. The Bertz CT molecular complexity index is 415. The molecule has 1 aliphatic rings. The monoisotopic (exact) mass is 269 g/mol. The van der Waals surface area contributed by atoms with E-state index in [9.17, 15) is 9.50 Å². The number of rotatable bonds is 5. The fraction of sp³-hybridized carbons (Fsp3) is 0.571. The molecule has 2 nitrogen and oxygen atoms in total. The van der Waals surface area contributed by atoms with Crippen molar-refractivity contribution in [2.45, 2.75) is 37.0 Å². The third-order valence-corrected chi connectivity index (χ3v) is 5.30. The smallest absolute Gasteiger partial charge is 0.123 e. The normalized spacial score (nSPS) is 19.3. The van der Waals surface area contributed by atoms with E-state index in [0.717, 1.165) is 6.54 Å². The zero-order valence-electron chi connectivity index (χ0n) is 10.9. The number of nitrogens with one attached hydrogen (secondary N) is 1. The third-order valence-electron chi connectivity index (χ3n) is 3.88. The average Bonchev–Trinajstić information content (AvgIpc) is 2.31. The highest BCUT2D eigenvalue weighted by atomic mass is 32.2. The van der Waals surface area contributed by atoms with Gasteiger partial charge in [0.1, 0.15) is 11.6 Å². The van der Waals surface area contributed by atoms with E-state index >= 15 is 0 Å². The van der Waals surface area contributed by atoms with Crippen molar-refractivity contribution in [1.29, 1.82) is 0 Å². The summed E-state index contributed by atoms with van der Waals surface area (Å²) < 4.78 is 13.5. The van der Waals surface area contributed by atoms with Crippen LogP contribution < -0.4 is 5.32 Å². The van der Waals surface area contributed by atoms with Gasteiger partial charge in [-0.3, -0.25) is 0 Å². The molecule has 0 bridgehead atoms. The molecule has 4 heteroatoms. The van der Waals surface area contributed by atoms with E-state index in [2.05, 4.69) is 11.6 Å². The van der Waals surface area contributed by atoms with Gasteiger partial charge in [-0.15, -0.1) is 0 Å². The second-order valence-corrected chi connectivity index (χ2v) is 6.32. The van der Waals surface area contributed by atoms with E-state index in [0.29, 0.717) is 10.3 Å². The van der Waals surface area contributed by atoms with E-state index in [1.807, 2.05) is 18.7 Å². The first-order valence-electron chi connectivity index (χ1n) is 6.33. The van der Waals surface area contributed by atoms with Crippen molar-refractivity contribution >= 4 is 11.8 Å². The summed E-state index contributed by atoms with van der Waals surface area (Å²) in [5.74, 6) is -0.150. The minimum atomic E-state index is -0.306. The molecular formula is C14H20FNOS. The lowest BCUT2D eigenvalue weighted by Crippen LogP contribution is -2.44. The quantitative estimate of drug-likeness (QED) is 0.858. The Balaban J connectivity index is 1.99. The molecule has 0 aromatic heterocycles. The van der Waals surface area contributed by atoms with Crippen molar-refractivity contribution < 1.29 is 9.50 Å². The first-order chi connectivity index (χ1) is 8.56. The van der Waals surface area contributed by atoms with Crippen LogP contribution in [0.4, 0.5) is 4.39 Å². The highest BCUT2D eigenvalue weighted by Gasteiger charge is 2.36. The predicted octanol–water partition coefficient (Wildman–Crippen LogP) is 3.47. The van der Waals surface area contributed by atoms with E-state index in [4.69, 9.17) is 0 Å². The van der Waals surface area contributed by atoms with Gasteiger partial charge in [-0.05, 0) is 44.2 Å². The number of hydrogen-bond donors (Lipinski definition) is 2. The second-order valence-electron chi connectivity index (χ2n) is 5.05. The van der Waals surface area contributed by atoms with Crippen molar-refractivity contribution in [3.05, 3.63) is 29.6 Å². The zero-order valence-corrected chi connectivity index (χ0v) is 11.7. The lowest BCUT2D eigenvalue weighted by molar-refractivity contribution is 0.332. The second kappa shape index (κ2) is 5.49. The maximum absolute atomic E-state index is 13.2. The van der Waals surface area contributed by atoms with Crippen molar-refractivity contribution in [3.8, 4) is 5.75 Å². The largest absolute Gasteiger partial charge is 0.508 e. The molecule has 1 aromatic carbocycles. The van der Waals surface area contributed by atoms with Crippen LogP contribution in [0, 0.1) is 5.82 Å². The number of phenolic OH excluding ortho intramolecular Hbond substituents is 1. The van der Waals surface area contributed by atoms with Crippen molar-refractivity contribution in [2.24, 2.45) is 0 Å². The van der Waals surface area contributed by atoms with Crippen LogP contribution in [0.25, 0.3) is 0 Å². The summed E-state index contributed by atoms with van der Waals surface area (Å²) in [5, 5.41) is 13.2. The Hall–Kier alpha value is -0.740. The maximum atomic E-state index is 13.2. The molecule has 1 aromatic rings.